The molecule has 1 aromatic carbocycles. The van der Waals surface area contributed by atoms with E-state index in [1.807, 2.05) is 13.0 Å². The lowest BCUT2D eigenvalue weighted by Crippen LogP contribution is -3.17. The molecule has 2 rings (SSSR count). The normalized spacial score (nSPS) is 24.9. The molecule has 0 radical (unpaired) electrons. The van der Waals surface area contributed by atoms with Crippen LogP contribution in [0.4, 0.5) is 4.39 Å². The first-order valence-electron chi connectivity index (χ1n) is 6.60. The molecule has 0 saturated carbocycles. The van der Waals surface area contributed by atoms with Crippen LogP contribution in [-0.2, 0) is 6.54 Å². The van der Waals surface area contributed by atoms with Crippen molar-refractivity contribution in [2.24, 2.45) is 0 Å². The molecule has 2 atom stereocenters. The van der Waals surface area contributed by atoms with E-state index in [1.54, 1.807) is 11.0 Å². The molecule has 1 aliphatic heterocycles. The van der Waals surface area contributed by atoms with Crippen LogP contribution in [0.5, 0.6) is 0 Å². The van der Waals surface area contributed by atoms with Crippen molar-refractivity contribution in [3.05, 3.63) is 35.1 Å². The lowest BCUT2D eigenvalue weighted by molar-refractivity contribution is -0.949. The van der Waals surface area contributed by atoms with Gasteiger partial charge in [0.05, 0.1) is 6.54 Å². The third-order valence-electron chi connectivity index (χ3n) is 4.02. The standard InChI is InChI=1S/C14H21FN2/c1-11-12(5-4-7-14(11)15)10-17-8-3-2-6-13(17)9-16/h4-5,7,13H,2-3,6,8-10,16H2,1H3/p+2. The maximum absolute atomic E-state index is 13.5. The minimum atomic E-state index is -0.0786. The Kier molecular flexibility index (Phi) is 4.13. The summed E-state index contributed by atoms with van der Waals surface area (Å²) in [6, 6.07) is 6.08. The Balaban J connectivity index is 2.11. The summed E-state index contributed by atoms with van der Waals surface area (Å²) in [4.78, 5) is 1.58. The molecule has 3 heteroatoms. The van der Waals surface area contributed by atoms with Crippen LogP contribution in [0, 0.1) is 12.7 Å². The van der Waals surface area contributed by atoms with Gasteiger partial charge in [-0.15, -0.1) is 0 Å². The SMILES string of the molecule is Cc1c(F)cccc1C[NH+]1CCCCC1C[NH3+]. The summed E-state index contributed by atoms with van der Waals surface area (Å²) in [5.74, 6) is -0.0786. The van der Waals surface area contributed by atoms with Crippen molar-refractivity contribution in [2.45, 2.75) is 38.8 Å². The maximum atomic E-state index is 13.5. The smallest absolute Gasteiger partial charge is 0.137 e. The van der Waals surface area contributed by atoms with Gasteiger partial charge < -0.3 is 10.6 Å². The van der Waals surface area contributed by atoms with Crippen molar-refractivity contribution >= 4 is 0 Å². The molecule has 1 fully saturated rings. The van der Waals surface area contributed by atoms with Crippen LogP contribution in [0.3, 0.4) is 0 Å². The first-order valence-corrected chi connectivity index (χ1v) is 6.60. The van der Waals surface area contributed by atoms with E-state index in [9.17, 15) is 4.39 Å². The van der Waals surface area contributed by atoms with Gasteiger partial charge in [-0.25, -0.2) is 4.39 Å². The first kappa shape index (κ1) is 12.5. The van der Waals surface area contributed by atoms with E-state index < -0.39 is 0 Å². The Hall–Kier alpha value is -0.930. The highest BCUT2D eigenvalue weighted by Crippen LogP contribution is 2.12. The van der Waals surface area contributed by atoms with Crippen LogP contribution >= 0.6 is 0 Å². The molecular formula is C14H23FN2+2. The number of piperidine rings is 1. The van der Waals surface area contributed by atoms with Crippen molar-refractivity contribution < 1.29 is 15.0 Å². The predicted octanol–water partition coefficient (Wildman–Crippen LogP) is 0.313. The second kappa shape index (κ2) is 5.61. The fourth-order valence-electron chi connectivity index (χ4n) is 2.82. The number of rotatable bonds is 3. The largest absolute Gasteiger partial charge is 0.353 e. The van der Waals surface area contributed by atoms with Gasteiger partial charge in [-0.1, -0.05) is 12.1 Å². The Morgan fingerprint density at radius 1 is 1.41 bits per heavy atom. The van der Waals surface area contributed by atoms with E-state index in [0.29, 0.717) is 6.04 Å². The molecule has 0 aromatic heterocycles. The van der Waals surface area contributed by atoms with Crippen LogP contribution in [0.15, 0.2) is 18.2 Å². The molecule has 4 N–H and O–H groups in total. The summed E-state index contributed by atoms with van der Waals surface area (Å²) in [5.41, 5.74) is 6.01. The Bertz CT molecular complexity index is 378. The predicted molar refractivity (Wildman–Crippen MR) is 66.1 cm³/mol. The minimum absolute atomic E-state index is 0.0786. The molecule has 2 nitrogen and oxygen atoms in total. The lowest BCUT2D eigenvalue weighted by atomic mass is 10.00. The number of halogens is 1. The molecule has 2 unspecified atom stereocenters. The van der Waals surface area contributed by atoms with Crippen LogP contribution in [0.2, 0.25) is 0 Å². The van der Waals surface area contributed by atoms with Crippen LogP contribution < -0.4 is 10.6 Å². The summed E-state index contributed by atoms with van der Waals surface area (Å²) in [7, 11) is 0. The Labute approximate surface area is 103 Å². The van der Waals surface area contributed by atoms with Gasteiger partial charge in [-0.3, -0.25) is 0 Å². The van der Waals surface area contributed by atoms with Crippen LogP contribution in [0.1, 0.15) is 30.4 Å². The average molecular weight is 238 g/mol. The van der Waals surface area contributed by atoms with E-state index >= 15 is 0 Å². The maximum Gasteiger partial charge on any atom is 0.137 e. The number of benzene rings is 1. The molecule has 0 spiro atoms. The van der Waals surface area contributed by atoms with E-state index in [0.717, 1.165) is 24.2 Å². The zero-order valence-electron chi connectivity index (χ0n) is 10.6. The zero-order valence-corrected chi connectivity index (χ0v) is 10.6. The lowest BCUT2D eigenvalue weighted by Gasteiger charge is -2.31. The quantitative estimate of drug-likeness (QED) is 0.760. The summed E-state index contributed by atoms with van der Waals surface area (Å²) in [6.07, 6.45) is 3.89. The molecule has 1 aliphatic rings. The molecule has 0 aliphatic carbocycles. The third kappa shape index (κ3) is 2.85. The van der Waals surface area contributed by atoms with Gasteiger partial charge in [-0.2, -0.15) is 0 Å². The van der Waals surface area contributed by atoms with Gasteiger partial charge in [0, 0.05) is 12.0 Å². The fourth-order valence-corrected chi connectivity index (χ4v) is 2.82. The highest BCUT2D eigenvalue weighted by atomic mass is 19.1. The van der Waals surface area contributed by atoms with E-state index in [1.165, 1.54) is 25.8 Å². The molecule has 1 heterocycles. The van der Waals surface area contributed by atoms with Crippen LogP contribution in [-0.4, -0.2) is 19.1 Å². The van der Waals surface area contributed by atoms with Gasteiger partial charge in [0.15, 0.2) is 0 Å². The topological polar surface area (TPSA) is 32.1 Å². The number of likely N-dealkylation sites (tertiary alicyclic amines) is 1. The fraction of sp³-hybridized carbons (Fsp3) is 0.571. The number of hydrogen-bond acceptors (Lipinski definition) is 0. The summed E-state index contributed by atoms with van der Waals surface area (Å²) < 4.78 is 13.5. The van der Waals surface area contributed by atoms with Crippen molar-refractivity contribution in [1.29, 1.82) is 0 Å². The van der Waals surface area contributed by atoms with Gasteiger partial charge in [0.25, 0.3) is 0 Å². The molecular weight excluding hydrogens is 215 g/mol. The summed E-state index contributed by atoms with van der Waals surface area (Å²) in [5, 5.41) is 0. The van der Waals surface area contributed by atoms with Gasteiger partial charge in [0.2, 0.25) is 0 Å². The highest BCUT2D eigenvalue weighted by Gasteiger charge is 2.26. The molecule has 1 saturated heterocycles. The molecule has 0 bridgehead atoms. The third-order valence-corrected chi connectivity index (χ3v) is 4.02. The van der Waals surface area contributed by atoms with Crippen molar-refractivity contribution in [3.8, 4) is 0 Å². The Morgan fingerprint density at radius 2 is 2.24 bits per heavy atom. The van der Waals surface area contributed by atoms with E-state index in [4.69, 9.17) is 0 Å². The number of nitrogens with one attached hydrogen (secondary N) is 1. The second-order valence-corrected chi connectivity index (χ2v) is 5.09. The van der Waals surface area contributed by atoms with E-state index in [2.05, 4.69) is 11.8 Å². The molecule has 0 amide bonds. The van der Waals surface area contributed by atoms with Crippen molar-refractivity contribution in [2.75, 3.05) is 13.1 Å². The van der Waals surface area contributed by atoms with Crippen molar-refractivity contribution in [3.63, 3.8) is 0 Å². The second-order valence-electron chi connectivity index (χ2n) is 5.09. The summed E-state index contributed by atoms with van der Waals surface area (Å²) >= 11 is 0. The van der Waals surface area contributed by atoms with Gasteiger partial charge in [0.1, 0.15) is 24.9 Å². The van der Waals surface area contributed by atoms with Gasteiger partial charge in [-0.05, 0) is 31.4 Å². The Morgan fingerprint density at radius 3 is 3.00 bits per heavy atom. The van der Waals surface area contributed by atoms with Gasteiger partial charge >= 0.3 is 0 Å². The zero-order chi connectivity index (χ0) is 12.3. The van der Waals surface area contributed by atoms with E-state index in [-0.39, 0.29) is 5.82 Å². The monoisotopic (exact) mass is 238 g/mol. The minimum Gasteiger partial charge on any atom is -0.353 e. The number of hydrogen-bond donors (Lipinski definition) is 2. The summed E-state index contributed by atoms with van der Waals surface area (Å²) in [6.45, 7) is 5.02. The number of quaternary nitrogens is 2. The molecule has 1 aromatic rings. The first-order chi connectivity index (χ1) is 8.22. The molecule has 94 valence electrons. The van der Waals surface area contributed by atoms with Crippen LogP contribution in [0.25, 0.3) is 0 Å². The molecule has 17 heavy (non-hydrogen) atoms. The average Bonchev–Trinajstić information content (AvgIpc) is 2.35. The highest BCUT2D eigenvalue weighted by molar-refractivity contribution is 5.26. The van der Waals surface area contributed by atoms with Crippen molar-refractivity contribution in [1.82, 2.24) is 0 Å².